The van der Waals surface area contributed by atoms with E-state index in [4.69, 9.17) is 0 Å². The largest absolute Gasteiger partial charge is 0.376 e. The highest BCUT2D eigenvalue weighted by atomic mass is 32.2. The van der Waals surface area contributed by atoms with Crippen molar-refractivity contribution in [2.45, 2.75) is 39.1 Å². The van der Waals surface area contributed by atoms with Crippen LogP contribution in [-0.4, -0.2) is 50.2 Å². The van der Waals surface area contributed by atoms with Crippen LogP contribution in [0.2, 0.25) is 0 Å². The summed E-state index contributed by atoms with van der Waals surface area (Å²) in [6.07, 6.45) is 0. The topological polar surface area (TPSA) is 69.7 Å². The SMILES string of the molecule is CCN(CC)S(=O)(=O)c1cc(NCC(=O)N(C)Cc2ccccc2C)ccc1C. The Morgan fingerprint density at radius 2 is 1.66 bits per heavy atom. The number of nitrogens with one attached hydrogen (secondary N) is 1. The van der Waals surface area contributed by atoms with Crippen molar-refractivity contribution in [1.29, 1.82) is 0 Å². The summed E-state index contributed by atoms with van der Waals surface area (Å²) in [6.45, 7) is 8.90. The maximum absolute atomic E-state index is 12.9. The number of carbonyl (C=O) groups excluding carboxylic acids is 1. The molecule has 7 heteroatoms. The number of nitrogens with zero attached hydrogens (tertiary/aromatic N) is 2. The van der Waals surface area contributed by atoms with E-state index >= 15 is 0 Å². The first-order valence-corrected chi connectivity index (χ1v) is 11.3. The van der Waals surface area contributed by atoms with Crippen LogP contribution in [0.3, 0.4) is 0 Å². The fourth-order valence-electron chi connectivity index (χ4n) is 3.13. The predicted molar refractivity (Wildman–Crippen MR) is 117 cm³/mol. The summed E-state index contributed by atoms with van der Waals surface area (Å²) >= 11 is 0. The second-order valence-electron chi connectivity index (χ2n) is 7.10. The van der Waals surface area contributed by atoms with Gasteiger partial charge in [-0.2, -0.15) is 4.31 Å². The van der Waals surface area contributed by atoms with Crippen molar-refractivity contribution in [3.8, 4) is 0 Å². The van der Waals surface area contributed by atoms with E-state index in [2.05, 4.69) is 5.32 Å². The second-order valence-corrected chi connectivity index (χ2v) is 9.01. The van der Waals surface area contributed by atoms with Crippen molar-refractivity contribution in [3.05, 3.63) is 59.2 Å². The van der Waals surface area contributed by atoms with Gasteiger partial charge >= 0.3 is 0 Å². The number of carbonyl (C=O) groups is 1. The number of aryl methyl sites for hydroxylation is 2. The normalized spacial score (nSPS) is 11.5. The van der Waals surface area contributed by atoms with Crippen LogP contribution < -0.4 is 5.32 Å². The molecule has 0 aromatic heterocycles. The first kappa shape index (κ1) is 22.9. The zero-order valence-electron chi connectivity index (χ0n) is 17.9. The van der Waals surface area contributed by atoms with Gasteiger partial charge in [0.15, 0.2) is 0 Å². The van der Waals surface area contributed by atoms with Crippen LogP contribution in [0.5, 0.6) is 0 Å². The fourth-order valence-corrected chi connectivity index (χ4v) is 4.84. The Hall–Kier alpha value is -2.38. The average molecular weight is 418 g/mol. The molecule has 0 unspecified atom stereocenters. The predicted octanol–water partition coefficient (Wildman–Crippen LogP) is 3.40. The maximum atomic E-state index is 12.9. The van der Waals surface area contributed by atoms with Crippen LogP contribution in [0.1, 0.15) is 30.5 Å². The molecule has 0 spiro atoms. The van der Waals surface area contributed by atoms with E-state index < -0.39 is 10.0 Å². The molecule has 0 saturated carbocycles. The Balaban J connectivity index is 2.09. The van der Waals surface area contributed by atoms with Gasteiger partial charge in [0.1, 0.15) is 0 Å². The molecule has 6 nitrogen and oxygen atoms in total. The summed E-state index contributed by atoms with van der Waals surface area (Å²) < 4.78 is 27.2. The number of benzene rings is 2. The van der Waals surface area contributed by atoms with Gasteiger partial charge in [-0.1, -0.05) is 44.2 Å². The minimum atomic E-state index is -3.56. The molecule has 1 amide bonds. The summed E-state index contributed by atoms with van der Waals surface area (Å²) in [6, 6.07) is 13.1. The number of anilines is 1. The molecule has 158 valence electrons. The quantitative estimate of drug-likeness (QED) is 0.679. The molecule has 1 N–H and O–H groups in total. The van der Waals surface area contributed by atoms with Gasteiger partial charge in [-0.25, -0.2) is 8.42 Å². The van der Waals surface area contributed by atoms with Crippen molar-refractivity contribution < 1.29 is 13.2 Å². The molecular formula is C22H31N3O3S. The van der Waals surface area contributed by atoms with E-state index in [1.165, 1.54) is 4.31 Å². The molecule has 29 heavy (non-hydrogen) atoms. The summed E-state index contributed by atoms with van der Waals surface area (Å²) in [5.41, 5.74) is 3.54. The molecule has 0 saturated heterocycles. The van der Waals surface area contributed by atoms with E-state index in [0.29, 0.717) is 30.9 Å². The van der Waals surface area contributed by atoms with Gasteiger partial charge in [-0.3, -0.25) is 4.79 Å². The Labute approximate surface area is 174 Å². The third kappa shape index (κ3) is 5.58. The lowest BCUT2D eigenvalue weighted by molar-refractivity contribution is -0.128. The number of rotatable bonds is 9. The van der Waals surface area contributed by atoms with E-state index in [1.807, 2.05) is 45.0 Å². The van der Waals surface area contributed by atoms with E-state index in [1.54, 1.807) is 37.1 Å². The number of hydrogen-bond donors (Lipinski definition) is 1. The van der Waals surface area contributed by atoms with Crippen molar-refractivity contribution in [2.75, 3.05) is 32.0 Å². The molecule has 2 aromatic carbocycles. The van der Waals surface area contributed by atoms with Crippen LogP contribution in [0.15, 0.2) is 47.4 Å². The molecular weight excluding hydrogens is 386 g/mol. The average Bonchev–Trinajstić information content (AvgIpc) is 2.69. The van der Waals surface area contributed by atoms with Gasteiger partial charge in [0.05, 0.1) is 11.4 Å². The maximum Gasteiger partial charge on any atom is 0.243 e. The molecule has 0 aliphatic carbocycles. The van der Waals surface area contributed by atoms with E-state index in [-0.39, 0.29) is 17.3 Å². The molecule has 0 radical (unpaired) electrons. The summed E-state index contributed by atoms with van der Waals surface area (Å²) in [7, 11) is -1.79. The number of hydrogen-bond acceptors (Lipinski definition) is 4. The highest BCUT2D eigenvalue weighted by Crippen LogP contribution is 2.23. The third-order valence-corrected chi connectivity index (χ3v) is 7.24. The standard InChI is InChI=1S/C22H31N3O3S/c1-6-25(7-2)29(27,28)21-14-20(13-12-18(21)4)23-15-22(26)24(5)16-19-11-9-8-10-17(19)3/h8-14,23H,6-7,15-16H2,1-5H3. The number of sulfonamides is 1. The highest BCUT2D eigenvalue weighted by molar-refractivity contribution is 7.89. The fraction of sp³-hybridized carbons (Fsp3) is 0.409. The Morgan fingerprint density at radius 3 is 2.28 bits per heavy atom. The second kappa shape index (κ2) is 9.89. The van der Waals surface area contributed by atoms with Crippen molar-refractivity contribution in [2.24, 2.45) is 0 Å². The lowest BCUT2D eigenvalue weighted by atomic mass is 10.1. The molecule has 0 aliphatic rings. The molecule has 0 heterocycles. The van der Waals surface area contributed by atoms with E-state index in [0.717, 1.165) is 11.1 Å². The monoisotopic (exact) mass is 417 g/mol. The van der Waals surface area contributed by atoms with Gasteiger partial charge < -0.3 is 10.2 Å². The van der Waals surface area contributed by atoms with Gasteiger partial charge in [0.25, 0.3) is 0 Å². The molecule has 0 bridgehead atoms. The van der Waals surface area contributed by atoms with Crippen LogP contribution in [0.4, 0.5) is 5.69 Å². The van der Waals surface area contributed by atoms with Crippen molar-refractivity contribution in [1.82, 2.24) is 9.21 Å². The Kier molecular flexibility index (Phi) is 7.81. The zero-order chi connectivity index (χ0) is 21.6. The molecule has 0 fully saturated rings. The Bertz CT molecular complexity index is 954. The minimum Gasteiger partial charge on any atom is -0.376 e. The molecule has 2 rings (SSSR count). The van der Waals surface area contributed by atoms with E-state index in [9.17, 15) is 13.2 Å². The molecule has 0 atom stereocenters. The van der Waals surface area contributed by atoms with Gasteiger partial charge in [-0.05, 0) is 42.7 Å². The number of likely N-dealkylation sites (N-methyl/N-ethyl adjacent to an activating group) is 1. The van der Waals surface area contributed by atoms with Crippen LogP contribution >= 0.6 is 0 Å². The summed E-state index contributed by atoms with van der Waals surface area (Å²) in [5.74, 6) is -0.0676. The minimum absolute atomic E-state index is 0.0676. The third-order valence-electron chi connectivity index (χ3n) is 5.05. The lowest BCUT2D eigenvalue weighted by Gasteiger charge is -2.21. The zero-order valence-corrected chi connectivity index (χ0v) is 18.7. The van der Waals surface area contributed by atoms with Crippen molar-refractivity contribution >= 4 is 21.6 Å². The van der Waals surface area contributed by atoms with Gasteiger partial charge in [-0.15, -0.1) is 0 Å². The summed E-state index contributed by atoms with van der Waals surface area (Å²) in [5, 5.41) is 3.07. The first-order valence-electron chi connectivity index (χ1n) is 9.83. The van der Waals surface area contributed by atoms with Gasteiger partial charge in [0.2, 0.25) is 15.9 Å². The van der Waals surface area contributed by atoms with Crippen LogP contribution in [0.25, 0.3) is 0 Å². The van der Waals surface area contributed by atoms with Crippen LogP contribution in [-0.2, 0) is 21.4 Å². The summed E-state index contributed by atoms with van der Waals surface area (Å²) in [4.78, 5) is 14.5. The highest BCUT2D eigenvalue weighted by Gasteiger charge is 2.24. The molecule has 0 aliphatic heterocycles. The lowest BCUT2D eigenvalue weighted by Crippen LogP contribution is -2.32. The first-order chi connectivity index (χ1) is 13.7. The van der Waals surface area contributed by atoms with Gasteiger partial charge in [0, 0.05) is 32.4 Å². The smallest absolute Gasteiger partial charge is 0.243 e. The van der Waals surface area contributed by atoms with Crippen molar-refractivity contribution in [3.63, 3.8) is 0 Å². The van der Waals surface area contributed by atoms with Crippen LogP contribution in [0, 0.1) is 13.8 Å². The molecule has 2 aromatic rings. The Morgan fingerprint density at radius 1 is 1.00 bits per heavy atom. The number of amides is 1.